The highest BCUT2D eigenvalue weighted by Crippen LogP contribution is 2.50. The second kappa shape index (κ2) is 8.00. The van der Waals surface area contributed by atoms with Crippen molar-refractivity contribution in [1.29, 1.82) is 0 Å². The van der Waals surface area contributed by atoms with Crippen LogP contribution >= 0.6 is 23.2 Å². The number of aromatic hydroxyl groups is 1. The van der Waals surface area contributed by atoms with Gasteiger partial charge in [0.15, 0.2) is 0 Å². The fraction of sp³-hybridized carbons (Fsp3) is 0.409. The van der Waals surface area contributed by atoms with Crippen LogP contribution in [0.3, 0.4) is 0 Å². The van der Waals surface area contributed by atoms with Gasteiger partial charge in [-0.2, -0.15) is 0 Å². The van der Waals surface area contributed by atoms with Crippen molar-refractivity contribution in [3.05, 3.63) is 63.4 Å². The Hall–Kier alpha value is -1.86. The predicted molar refractivity (Wildman–Crippen MR) is 116 cm³/mol. The third-order valence-corrected chi connectivity index (χ3v) is 6.08. The first-order valence-corrected chi connectivity index (χ1v) is 10.3. The lowest BCUT2D eigenvalue weighted by molar-refractivity contribution is -0.139. The van der Waals surface area contributed by atoms with Crippen molar-refractivity contribution < 1.29 is 19.4 Å². The summed E-state index contributed by atoms with van der Waals surface area (Å²) in [7, 11) is 0. The van der Waals surface area contributed by atoms with Crippen LogP contribution in [0.1, 0.15) is 44.2 Å². The van der Waals surface area contributed by atoms with E-state index in [4.69, 9.17) is 28.9 Å². The van der Waals surface area contributed by atoms with E-state index in [1.165, 1.54) is 30.3 Å². The Morgan fingerprint density at radius 3 is 2.37 bits per heavy atom. The normalized spacial score (nSPS) is 26.7. The number of hydrogen-bond acceptors (Lipinski definition) is 4. The quantitative estimate of drug-likeness (QED) is 0.539. The lowest BCUT2D eigenvalue weighted by atomic mass is 9.68. The number of nitrogens with two attached hydrogens (primary N) is 1. The van der Waals surface area contributed by atoms with Gasteiger partial charge in [0.1, 0.15) is 17.6 Å². The Balaban J connectivity index is 2.30. The first-order chi connectivity index (χ1) is 13.8. The van der Waals surface area contributed by atoms with E-state index >= 15 is 4.39 Å². The highest BCUT2D eigenvalue weighted by molar-refractivity contribution is 6.31. The summed E-state index contributed by atoms with van der Waals surface area (Å²) in [6.07, 6.45) is 0.465. The molecule has 1 aliphatic heterocycles. The first-order valence-electron chi connectivity index (χ1n) is 9.56. The van der Waals surface area contributed by atoms with Crippen molar-refractivity contribution in [2.24, 2.45) is 11.1 Å². The third-order valence-electron chi connectivity index (χ3n) is 5.61. The molecular formula is C22H25Cl2FN2O3. The molecule has 1 fully saturated rings. The van der Waals surface area contributed by atoms with Crippen LogP contribution in [0.15, 0.2) is 36.4 Å². The average Bonchev–Trinajstić information content (AvgIpc) is 2.89. The molecule has 0 spiro atoms. The van der Waals surface area contributed by atoms with Gasteiger partial charge in [-0.1, -0.05) is 50.0 Å². The molecule has 5 N–H and O–H groups in total. The zero-order valence-electron chi connectivity index (χ0n) is 16.9. The van der Waals surface area contributed by atoms with Gasteiger partial charge >= 0.3 is 5.97 Å². The van der Waals surface area contributed by atoms with Crippen molar-refractivity contribution in [2.75, 3.05) is 0 Å². The molecule has 1 heterocycles. The maximum Gasteiger partial charge on any atom is 0.321 e. The summed E-state index contributed by atoms with van der Waals surface area (Å²) in [4.78, 5) is 12.2. The number of carboxylic acid groups (broad SMARTS) is 1. The average molecular weight is 455 g/mol. The first kappa shape index (κ1) is 22.8. The molecule has 0 aromatic heterocycles. The SMILES string of the molecule is CC(C)(C)CC1NC(C(=O)O)C(c2cc(Cl)ccc2O)C1(N)c1ccc(Cl)cc1F. The molecule has 2 aromatic carbocycles. The Bertz CT molecular complexity index is 979. The summed E-state index contributed by atoms with van der Waals surface area (Å²) in [5.74, 6) is -2.93. The van der Waals surface area contributed by atoms with Gasteiger partial charge in [0, 0.05) is 33.1 Å². The van der Waals surface area contributed by atoms with Gasteiger partial charge < -0.3 is 15.9 Å². The fourth-order valence-corrected chi connectivity index (χ4v) is 4.74. The van der Waals surface area contributed by atoms with Crippen LogP contribution in [0.25, 0.3) is 0 Å². The molecule has 0 radical (unpaired) electrons. The molecule has 8 heteroatoms. The van der Waals surface area contributed by atoms with Crippen LogP contribution in [0.4, 0.5) is 4.39 Å². The van der Waals surface area contributed by atoms with Crippen molar-refractivity contribution in [3.8, 4) is 5.75 Å². The largest absolute Gasteiger partial charge is 0.508 e. The number of aliphatic carboxylic acids is 1. The molecule has 162 valence electrons. The van der Waals surface area contributed by atoms with Crippen LogP contribution in [0, 0.1) is 11.2 Å². The second-order valence-corrected chi connectivity index (χ2v) is 9.91. The molecular weight excluding hydrogens is 430 g/mol. The number of halogens is 3. The van der Waals surface area contributed by atoms with E-state index in [1.54, 1.807) is 0 Å². The minimum Gasteiger partial charge on any atom is -0.508 e. The summed E-state index contributed by atoms with van der Waals surface area (Å²) in [5.41, 5.74) is 5.59. The maximum atomic E-state index is 15.1. The van der Waals surface area contributed by atoms with E-state index in [2.05, 4.69) is 5.32 Å². The van der Waals surface area contributed by atoms with E-state index in [1.807, 2.05) is 20.8 Å². The van der Waals surface area contributed by atoms with Crippen LogP contribution in [-0.4, -0.2) is 28.3 Å². The molecule has 0 bridgehead atoms. The summed E-state index contributed by atoms with van der Waals surface area (Å²) in [6, 6.07) is 6.74. The van der Waals surface area contributed by atoms with Crippen LogP contribution in [0.5, 0.6) is 5.75 Å². The van der Waals surface area contributed by atoms with Gasteiger partial charge in [0.05, 0.1) is 5.54 Å². The maximum absolute atomic E-state index is 15.1. The standard InChI is InChI=1S/C22H25Cl2FN2O3/c1-21(2,3)10-17-22(26,14-6-4-12(24)9-15(14)25)18(19(27-17)20(29)30)13-8-11(23)5-7-16(13)28/h4-9,17-19,27-28H,10,26H2,1-3H3,(H,29,30). The van der Waals surface area contributed by atoms with Gasteiger partial charge in [-0.3, -0.25) is 10.1 Å². The molecule has 0 aliphatic carbocycles. The summed E-state index contributed by atoms with van der Waals surface area (Å²) in [6.45, 7) is 5.98. The summed E-state index contributed by atoms with van der Waals surface area (Å²) >= 11 is 12.1. The van der Waals surface area contributed by atoms with Crippen molar-refractivity contribution in [3.63, 3.8) is 0 Å². The summed E-state index contributed by atoms with van der Waals surface area (Å²) in [5, 5.41) is 24.1. The zero-order valence-corrected chi connectivity index (χ0v) is 18.4. The monoisotopic (exact) mass is 454 g/mol. The van der Waals surface area contributed by atoms with Crippen molar-refractivity contribution >= 4 is 29.2 Å². The number of carbonyl (C=O) groups is 1. The molecule has 1 aliphatic rings. The van der Waals surface area contributed by atoms with Gasteiger partial charge in [-0.15, -0.1) is 0 Å². The van der Waals surface area contributed by atoms with Gasteiger partial charge in [-0.25, -0.2) is 4.39 Å². The minimum atomic E-state index is -1.49. The van der Waals surface area contributed by atoms with E-state index in [0.717, 1.165) is 6.07 Å². The zero-order chi connectivity index (χ0) is 22.4. The van der Waals surface area contributed by atoms with Gasteiger partial charge in [0.2, 0.25) is 0 Å². The minimum absolute atomic E-state index is 0.127. The smallest absolute Gasteiger partial charge is 0.321 e. The molecule has 0 saturated carbocycles. The van der Waals surface area contributed by atoms with E-state index in [0.29, 0.717) is 11.4 Å². The topological polar surface area (TPSA) is 95.6 Å². The van der Waals surface area contributed by atoms with Crippen LogP contribution in [-0.2, 0) is 10.3 Å². The Labute approximate surface area is 185 Å². The highest BCUT2D eigenvalue weighted by Gasteiger charge is 2.58. The number of phenolic OH excluding ortho intramolecular Hbond substituents is 1. The number of benzene rings is 2. The summed E-state index contributed by atoms with van der Waals surface area (Å²) < 4.78 is 15.1. The Kier molecular flexibility index (Phi) is 6.09. The van der Waals surface area contributed by atoms with E-state index < -0.39 is 35.3 Å². The predicted octanol–water partition coefficient (Wildman–Crippen LogP) is 4.64. The molecule has 1 saturated heterocycles. The van der Waals surface area contributed by atoms with Crippen LogP contribution < -0.4 is 11.1 Å². The third kappa shape index (κ3) is 4.14. The number of hydrogen-bond donors (Lipinski definition) is 4. The Morgan fingerprint density at radius 2 is 1.80 bits per heavy atom. The molecule has 2 aromatic rings. The van der Waals surface area contributed by atoms with Gasteiger partial charge in [-0.05, 0) is 42.2 Å². The lowest BCUT2D eigenvalue weighted by Crippen LogP contribution is -2.52. The molecule has 3 rings (SSSR count). The van der Waals surface area contributed by atoms with Gasteiger partial charge in [0.25, 0.3) is 0 Å². The molecule has 5 nitrogen and oxygen atoms in total. The lowest BCUT2D eigenvalue weighted by Gasteiger charge is -2.39. The molecule has 30 heavy (non-hydrogen) atoms. The number of nitrogens with one attached hydrogen (secondary N) is 1. The molecule has 0 amide bonds. The van der Waals surface area contributed by atoms with E-state index in [-0.39, 0.29) is 27.3 Å². The number of phenols is 1. The van der Waals surface area contributed by atoms with E-state index in [9.17, 15) is 15.0 Å². The highest BCUT2D eigenvalue weighted by atomic mass is 35.5. The van der Waals surface area contributed by atoms with Crippen LogP contribution in [0.2, 0.25) is 10.0 Å². The Morgan fingerprint density at radius 1 is 1.20 bits per heavy atom. The molecule has 4 atom stereocenters. The number of rotatable bonds is 4. The van der Waals surface area contributed by atoms with Crippen molar-refractivity contribution in [2.45, 2.75) is 50.7 Å². The number of carboxylic acids is 1. The second-order valence-electron chi connectivity index (χ2n) is 9.04. The molecule has 4 unspecified atom stereocenters. The van der Waals surface area contributed by atoms with Crippen molar-refractivity contribution in [1.82, 2.24) is 5.32 Å². The fourth-order valence-electron chi connectivity index (χ4n) is 4.40.